The van der Waals surface area contributed by atoms with Crippen molar-refractivity contribution in [1.82, 2.24) is 4.98 Å². The Morgan fingerprint density at radius 2 is 2.00 bits per heavy atom. The molecule has 5 nitrogen and oxygen atoms in total. The summed E-state index contributed by atoms with van der Waals surface area (Å²) in [5.41, 5.74) is 0.781. The van der Waals surface area contributed by atoms with Crippen LogP contribution in [0.25, 0.3) is 0 Å². The Labute approximate surface area is 127 Å². The molecular formula is C13H8BrClN2O3. The predicted molar refractivity (Wildman–Crippen MR) is 78.3 cm³/mol. The van der Waals surface area contributed by atoms with Crippen LogP contribution < -0.4 is 5.32 Å². The zero-order valence-electron chi connectivity index (χ0n) is 9.93. The monoisotopic (exact) mass is 354 g/mol. The molecule has 1 aromatic carbocycles. The van der Waals surface area contributed by atoms with E-state index in [9.17, 15) is 9.59 Å². The summed E-state index contributed by atoms with van der Waals surface area (Å²) in [5, 5.41) is 11.8. The van der Waals surface area contributed by atoms with Crippen molar-refractivity contribution in [2.75, 3.05) is 5.32 Å². The number of carbonyl (C=O) groups excluding carboxylic acids is 1. The molecule has 2 N–H and O–H groups in total. The van der Waals surface area contributed by atoms with Crippen molar-refractivity contribution in [1.29, 1.82) is 0 Å². The van der Waals surface area contributed by atoms with Gasteiger partial charge in [0, 0.05) is 21.9 Å². The van der Waals surface area contributed by atoms with Crippen molar-refractivity contribution >= 4 is 45.1 Å². The molecule has 0 saturated heterocycles. The molecule has 0 saturated carbocycles. The van der Waals surface area contributed by atoms with E-state index in [2.05, 4.69) is 26.2 Å². The Morgan fingerprint density at radius 3 is 2.65 bits per heavy atom. The number of hydrogen-bond donors (Lipinski definition) is 2. The molecule has 0 atom stereocenters. The van der Waals surface area contributed by atoms with Gasteiger partial charge >= 0.3 is 5.97 Å². The van der Waals surface area contributed by atoms with Crippen molar-refractivity contribution in [3.05, 3.63) is 57.3 Å². The first-order chi connectivity index (χ1) is 9.47. The summed E-state index contributed by atoms with van der Waals surface area (Å²) in [6.07, 6.45) is 1.42. The lowest BCUT2D eigenvalue weighted by Crippen LogP contribution is -2.12. The maximum Gasteiger partial charge on any atom is 0.336 e. The van der Waals surface area contributed by atoms with Crippen LogP contribution in [0.1, 0.15) is 20.7 Å². The molecule has 0 fully saturated rings. The van der Waals surface area contributed by atoms with E-state index in [1.807, 2.05) is 0 Å². The average molecular weight is 356 g/mol. The zero-order valence-corrected chi connectivity index (χ0v) is 12.3. The van der Waals surface area contributed by atoms with Crippen LogP contribution in [0.5, 0.6) is 0 Å². The summed E-state index contributed by atoms with van der Waals surface area (Å²) in [5.74, 6) is -1.48. The minimum absolute atomic E-state index is 0.0653. The molecule has 1 heterocycles. The highest BCUT2D eigenvalue weighted by Gasteiger charge is 2.11. The Balaban J connectivity index is 2.24. The maximum atomic E-state index is 12.0. The Kier molecular flexibility index (Phi) is 4.36. The number of nitrogens with one attached hydrogen (secondary N) is 1. The number of amides is 1. The quantitative estimate of drug-likeness (QED) is 0.827. The van der Waals surface area contributed by atoms with Gasteiger partial charge in [0.25, 0.3) is 5.91 Å². The largest absolute Gasteiger partial charge is 0.478 e. The van der Waals surface area contributed by atoms with Crippen LogP contribution in [0.2, 0.25) is 5.15 Å². The molecule has 0 unspecified atom stereocenters. The number of carboxylic acid groups (broad SMARTS) is 1. The highest BCUT2D eigenvalue weighted by Crippen LogP contribution is 2.21. The van der Waals surface area contributed by atoms with Crippen molar-refractivity contribution in [3.8, 4) is 0 Å². The van der Waals surface area contributed by atoms with E-state index >= 15 is 0 Å². The van der Waals surface area contributed by atoms with Crippen molar-refractivity contribution in [2.24, 2.45) is 0 Å². The van der Waals surface area contributed by atoms with Crippen LogP contribution in [-0.4, -0.2) is 22.0 Å². The van der Waals surface area contributed by atoms with Gasteiger partial charge in [0.2, 0.25) is 0 Å². The number of carboxylic acids is 1. The van der Waals surface area contributed by atoms with Crippen LogP contribution in [0.3, 0.4) is 0 Å². The summed E-state index contributed by atoms with van der Waals surface area (Å²) >= 11 is 8.84. The number of hydrogen-bond acceptors (Lipinski definition) is 3. The van der Waals surface area contributed by atoms with Crippen LogP contribution in [0, 0.1) is 0 Å². The third-order valence-electron chi connectivity index (χ3n) is 2.44. The number of pyridine rings is 1. The number of rotatable bonds is 3. The molecular weight excluding hydrogens is 348 g/mol. The van der Waals surface area contributed by atoms with Crippen LogP contribution in [0.4, 0.5) is 5.69 Å². The molecule has 102 valence electrons. The van der Waals surface area contributed by atoms with E-state index in [0.717, 1.165) is 0 Å². The van der Waals surface area contributed by atoms with Gasteiger partial charge in [-0.05, 0) is 46.3 Å². The van der Waals surface area contributed by atoms with Gasteiger partial charge < -0.3 is 10.4 Å². The molecule has 0 spiro atoms. The fourth-order valence-corrected chi connectivity index (χ4v) is 2.10. The van der Waals surface area contributed by atoms with E-state index in [0.29, 0.717) is 15.7 Å². The van der Waals surface area contributed by atoms with Crippen molar-refractivity contribution in [2.45, 2.75) is 0 Å². The highest BCUT2D eigenvalue weighted by atomic mass is 79.9. The third-order valence-corrected chi connectivity index (χ3v) is 3.34. The fourth-order valence-electron chi connectivity index (χ4n) is 1.51. The lowest BCUT2D eigenvalue weighted by molar-refractivity contribution is 0.0695. The molecule has 2 rings (SSSR count). The SMILES string of the molecule is O=C(Nc1ccc(Br)c(C(=O)O)c1)c1ccnc(Cl)c1. The van der Waals surface area contributed by atoms with Crippen LogP contribution in [-0.2, 0) is 0 Å². The number of aromatic carboxylic acids is 1. The lowest BCUT2D eigenvalue weighted by Gasteiger charge is -2.07. The maximum absolute atomic E-state index is 12.0. The minimum Gasteiger partial charge on any atom is -0.478 e. The van der Waals surface area contributed by atoms with Gasteiger partial charge in [0.1, 0.15) is 5.15 Å². The van der Waals surface area contributed by atoms with E-state index in [4.69, 9.17) is 16.7 Å². The minimum atomic E-state index is -1.08. The van der Waals surface area contributed by atoms with Gasteiger partial charge in [-0.25, -0.2) is 9.78 Å². The lowest BCUT2D eigenvalue weighted by atomic mass is 10.2. The second-order valence-corrected chi connectivity index (χ2v) is 5.06. The molecule has 0 radical (unpaired) electrons. The predicted octanol–water partition coefficient (Wildman–Crippen LogP) is 3.45. The average Bonchev–Trinajstić information content (AvgIpc) is 2.40. The normalized spacial score (nSPS) is 10.1. The summed E-state index contributed by atoms with van der Waals surface area (Å²) < 4.78 is 0.440. The van der Waals surface area contributed by atoms with Crippen LogP contribution >= 0.6 is 27.5 Å². The molecule has 0 aliphatic carbocycles. The van der Waals surface area contributed by atoms with E-state index in [1.165, 1.54) is 24.4 Å². The van der Waals surface area contributed by atoms with Gasteiger partial charge in [-0.1, -0.05) is 11.6 Å². The Hall–Kier alpha value is -1.92. The zero-order chi connectivity index (χ0) is 14.7. The number of nitrogens with zero attached hydrogens (tertiary/aromatic N) is 1. The van der Waals surface area contributed by atoms with E-state index in [1.54, 1.807) is 12.1 Å². The smallest absolute Gasteiger partial charge is 0.336 e. The fraction of sp³-hybridized carbons (Fsp3) is 0. The molecule has 0 bridgehead atoms. The number of benzene rings is 1. The van der Waals surface area contributed by atoms with Gasteiger partial charge in [0.05, 0.1) is 5.56 Å². The van der Waals surface area contributed by atoms with Gasteiger partial charge in [-0.15, -0.1) is 0 Å². The summed E-state index contributed by atoms with van der Waals surface area (Å²) in [6.45, 7) is 0. The summed E-state index contributed by atoms with van der Waals surface area (Å²) in [7, 11) is 0. The Bertz CT molecular complexity index is 691. The highest BCUT2D eigenvalue weighted by molar-refractivity contribution is 9.10. The molecule has 0 aliphatic rings. The standard InChI is InChI=1S/C13H8BrClN2O3/c14-10-2-1-8(6-9(10)13(19)20)17-12(18)7-3-4-16-11(15)5-7/h1-6H,(H,17,18)(H,19,20). The van der Waals surface area contributed by atoms with Crippen molar-refractivity contribution < 1.29 is 14.7 Å². The van der Waals surface area contributed by atoms with Gasteiger partial charge in [-0.3, -0.25) is 4.79 Å². The molecule has 1 aromatic heterocycles. The molecule has 7 heteroatoms. The molecule has 0 aliphatic heterocycles. The first-order valence-electron chi connectivity index (χ1n) is 5.43. The second kappa shape index (κ2) is 6.02. The number of aromatic nitrogens is 1. The summed E-state index contributed by atoms with van der Waals surface area (Å²) in [4.78, 5) is 26.8. The second-order valence-electron chi connectivity index (χ2n) is 3.82. The van der Waals surface area contributed by atoms with E-state index in [-0.39, 0.29) is 10.7 Å². The molecule has 1 amide bonds. The first-order valence-corrected chi connectivity index (χ1v) is 6.60. The summed E-state index contributed by atoms with van der Waals surface area (Å²) in [6, 6.07) is 7.45. The topological polar surface area (TPSA) is 79.3 Å². The molecule has 20 heavy (non-hydrogen) atoms. The van der Waals surface area contributed by atoms with Gasteiger partial charge in [-0.2, -0.15) is 0 Å². The first kappa shape index (κ1) is 14.5. The number of carbonyl (C=O) groups is 2. The number of anilines is 1. The molecule has 2 aromatic rings. The van der Waals surface area contributed by atoms with Crippen molar-refractivity contribution in [3.63, 3.8) is 0 Å². The third kappa shape index (κ3) is 3.34. The van der Waals surface area contributed by atoms with Gasteiger partial charge in [0.15, 0.2) is 0 Å². The van der Waals surface area contributed by atoms with E-state index < -0.39 is 11.9 Å². The van der Waals surface area contributed by atoms with Crippen LogP contribution in [0.15, 0.2) is 41.0 Å². The Morgan fingerprint density at radius 1 is 1.25 bits per heavy atom. The number of halogens is 2.